The summed E-state index contributed by atoms with van der Waals surface area (Å²) in [6.45, 7) is 7.61. The van der Waals surface area contributed by atoms with Crippen LogP contribution in [0.4, 0.5) is 4.79 Å². The van der Waals surface area contributed by atoms with Crippen LogP contribution in [0.15, 0.2) is 0 Å². The smallest absolute Gasteiger partial charge is 0.407 e. The number of nitrogens with zero attached hydrogens (tertiary/aromatic N) is 1. The molecule has 2 N–H and O–H groups in total. The third-order valence-corrected chi connectivity index (χ3v) is 2.68. The lowest BCUT2D eigenvalue weighted by Crippen LogP contribution is -2.43. The predicted octanol–water partition coefficient (Wildman–Crippen LogP) is 1.26. The van der Waals surface area contributed by atoms with Crippen LogP contribution in [0.5, 0.6) is 0 Å². The molecule has 5 nitrogen and oxygen atoms in total. The van der Waals surface area contributed by atoms with Crippen molar-refractivity contribution in [2.24, 2.45) is 11.8 Å². The average molecular weight is 239 g/mol. The van der Waals surface area contributed by atoms with Crippen molar-refractivity contribution in [3.05, 3.63) is 0 Å². The second kappa shape index (κ2) is 5.87. The first-order valence-electron chi connectivity index (χ1n) is 5.99. The predicted molar refractivity (Wildman–Crippen MR) is 64.3 cm³/mol. The van der Waals surface area contributed by atoms with Crippen molar-refractivity contribution in [2.45, 2.75) is 32.8 Å². The highest BCUT2D eigenvalue weighted by molar-refractivity contribution is 5.67. The summed E-state index contributed by atoms with van der Waals surface area (Å²) in [5.41, 5.74) is -0.483. The summed E-state index contributed by atoms with van der Waals surface area (Å²) in [6.07, 6.45) is 0.428. The number of carbonyl (C=O) groups excluding carboxylic acids is 1. The van der Waals surface area contributed by atoms with Crippen LogP contribution in [0.3, 0.4) is 0 Å². The maximum atomic E-state index is 11.5. The third-order valence-electron chi connectivity index (χ3n) is 2.68. The van der Waals surface area contributed by atoms with E-state index in [4.69, 9.17) is 10.00 Å². The number of carbonyl (C=O) groups is 1. The average Bonchev–Trinajstić information content (AvgIpc) is 2.24. The van der Waals surface area contributed by atoms with Crippen molar-refractivity contribution >= 4 is 6.09 Å². The topological polar surface area (TPSA) is 74.2 Å². The van der Waals surface area contributed by atoms with Crippen LogP contribution in [-0.4, -0.2) is 31.3 Å². The van der Waals surface area contributed by atoms with E-state index in [2.05, 4.69) is 16.7 Å². The van der Waals surface area contributed by atoms with E-state index < -0.39 is 11.7 Å². The molecular formula is C12H21N3O2. The highest BCUT2D eigenvalue weighted by atomic mass is 16.6. The van der Waals surface area contributed by atoms with Crippen LogP contribution in [0.1, 0.15) is 27.2 Å². The normalized spacial score (nSPS) is 24.8. The van der Waals surface area contributed by atoms with Gasteiger partial charge < -0.3 is 15.4 Å². The van der Waals surface area contributed by atoms with E-state index in [1.807, 2.05) is 20.8 Å². The molecule has 0 spiro atoms. The molecule has 2 unspecified atom stereocenters. The lowest BCUT2D eigenvalue weighted by atomic mass is 9.88. The zero-order valence-electron chi connectivity index (χ0n) is 10.7. The number of hydrogen-bond donors (Lipinski definition) is 2. The van der Waals surface area contributed by atoms with Gasteiger partial charge in [-0.15, -0.1) is 0 Å². The minimum Gasteiger partial charge on any atom is -0.444 e. The van der Waals surface area contributed by atoms with Crippen LogP contribution in [0, 0.1) is 23.2 Å². The van der Waals surface area contributed by atoms with Crippen LogP contribution in [0.25, 0.3) is 0 Å². The van der Waals surface area contributed by atoms with Crippen molar-refractivity contribution in [3.63, 3.8) is 0 Å². The van der Waals surface area contributed by atoms with Gasteiger partial charge in [-0.3, -0.25) is 0 Å². The fourth-order valence-electron chi connectivity index (χ4n) is 1.84. The Labute approximate surface area is 103 Å². The summed E-state index contributed by atoms with van der Waals surface area (Å²) in [6, 6.07) is 2.29. The molecule has 0 aromatic heterocycles. The van der Waals surface area contributed by atoms with Crippen molar-refractivity contribution in [2.75, 3.05) is 19.6 Å². The number of nitrogens with one attached hydrogen (secondary N) is 2. The molecule has 1 aliphatic heterocycles. The van der Waals surface area contributed by atoms with E-state index in [0.29, 0.717) is 6.54 Å². The quantitative estimate of drug-likeness (QED) is 0.760. The standard InChI is InChI=1S/C12H21N3O2/c1-12(2,3)17-11(16)15-8-10-7-14-5-4-9(10)6-13/h9-10,14H,4-5,7-8H2,1-3H3,(H,15,16). The van der Waals surface area contributed by atoms with Crippen molar-refractivity contribution in [1.29, 1.82) is 5.26 Å². The maximum absolute atomic E-state index is 11.5. The van der Waals surface area contributed by atoms with Crippen molar-refractivity contribution in [1.82, 2.24) is 10.6 Å². The SMILES string of the molecule is CC(C)(C)OC(=O)NCC1CNCCC1C#N. The van der Waals surface area contributed by atoms with Gasteiger partial charge in [-0.05, 0) is 33.7 Å². The van der Waals surface area contributed by atoms with Gasteiger partial charge >= 0.3 is 6.09 Å². The van der Waals surface area contributed by atoms with E-state index in [0.717, 1.165) is 19.5 Å². The van der Waals surface area contributed by atoms with E-state index in [-0.39, 0.29) is 11.8 Å². The molecule has 1 amide bonds. The first-order chi connectivity index (χ1) is 7.92. The van der Waals surface area contributed by atoms with E-state index in [1.54, 1.807) is 0 Å². The fraction of sp³-hybridized carbons (Fsp3) is 0.833. The molecule has 0 aromatic rings. The molecule has 0 aromatic carbocycles. The Morgan fingerprint density at radius 1 is 1.59 bits per heavy atom. The van der Waals surface area contributed by atoms with Crippen LogP contribution >= 0.6 is 0 Å². The number of amides is 1. The number of piperidine rings is 1. The number of rotatable bonds is 2. The second-order valence-corrected chi connectivity index (χ2v) is 5.37. The van der Waals surface area contributed by atoms with Crippen molar-refractivity contribution < 1.29 is 9.53 Å². The monoisotopic (exact) mass is 239 g/mol. The Morgan fingerprint density at radius 3 is 2.88 bits per heavy atom. The summed E-state index contributed by atoms with van der Waals surface area (Å²) < 4.78 is 5.14. The first kappa shape index (κ1) is 13.8. The second-order valence-electron chi connectivity index (χ2n) is 5.37. The summed E-state index contributed by atoms with van der Waals surface area (Å²) in [5, 5.41) is 14.9. The molecule has 0 radical (unpaired) electrons. The molecule has 0 aliphatic carbocycles. The Balaban J connectivity index is 2.34. The van der Waals surface area contributed by atoms with Gasteiger partial charge in [0.2, 0.25) is 0 Å². The molecule has 0 bridgehead atoms. The minimum atomic E-state index is -0.483. The highest BCUT2D eigenvalue weighted by Gasteiger charge is 2.25. The summed E-state index contributed by atoms with van der Waals surface area (Å²) >= 11 is 0. The number of nitriles is 1. The van der Waals surface area contributed by atoms with E-state index >= 15 is 0 Å². The fourth-order valence-corrected chi connectivity index (χ4v) is 1.84. The molecule has 17 heavy (non-hydrogen) atoms. The number of ether oxygens (including phenoxy) is 1. The van der Waals surface area contributed by atoms with E-state index in [1.165, 1.54) is 0 Å². The van der Waals surface area contributed by atoms with Gasteiger partial charge in [0.1, 0.15) is 5.60 Å². The molecule has 2 atom stereocenters. The molecule has 1 rings (SSSR count). The zero-order chi connectivity index (χ0) is 12.9. The minimum absolute atomic E-state index is 0.0196. The molecule has 1 aliphatic rings. The van der Waals surface area contributed by atoms with Gasteiger partial charge in [0, 0.05) is 19.0 Å². The Bertz CT molecular complexity index is 304. The summed E-state index contributed by atoms with van der Waals surface area (Å²) in [5.74, 6) is 0.187. The molecule has 96 valence electrons. The van der Waals surface area contributed by atoms with Gasteiger partial charge in [-0.25, -0.2) is 4.79 Å². The summed E-state index contributed by atoms with van der Waals surface area (Å²) in [4.78, 5) is 11.5. The molecule has 1 saturated heterocycles. The molecule has 5 heteroatoms. The summed E-state index contributed by atoms with van der Waals surface area (Å²) in [7, 11) is 0. The molecule has 1 heterocycles. The van der Waals surface area contributed by atoms with Gasteiger partial charge in [0.05, 0.1) is 12.0 Å². The van der Waals surface area contributed by atoms with Gasteiger partial charge in [-0.2, -0.15) is 5.26 Å². The lowest BCUT2D eigenvalue weighted by Gasteiger charge is -2.28. The number of alkyl carbamates (subject to hydrolysis) is 1. The van der Waals surface area contributed by atoms with Crippen LogP contribution < -0.4 is 10.6 Å². The third kappa shape index (κ3) is 5.05. The number of hydrogen-bond acceptors (Lipinski definition) is 4. The Hall–Kier alpha value is -1.28. The molecular weight excluding hydrogens is 218 g/mol. The Kier molecular flexibility index (Phi) is 4.76. The van der Waals surface area contributed by atoms with Crippen LogP contribution in [-0.2, 0) is 4.74 Å². The highest BCUT2D eigenvalue weighted by Crippen LogP contribution is 2.17. The largest absolute Gasteiger partial charge is 0.444 e. The van der Waals surface area contributed by atoms with Gasteiger partial charge in [-0.1, -0.05) is 0 Å². The molecule has 1 fully saturated rings. The van der Waals surface area contributed by atoms with Crippen molar-refractivity contribution in [3.8, 4) is 6.07 Å². The molecule has 0 saturated carbocycles. The van der Waals surface area contributed by atoms with Gasteiger partial charge in [0.15, 0.2) is 0 Å². The maximum Gasteiger partial charge on any atom is 0.407 e. The Morgan fingerprint density at radius 2 is 2.29 bits per heavy atom. The van der Waals surface area contributed by atoms with Crippen LogP contribution in [0.2, 0.25) is 0 Å². The lowest BCUT2D eigenvalue weighted by molar-refractivity contribution is 0.0513. The zero-order valence-corrected chi connectivity index (χ0v) is 10.7. The first-order valence-corrected chi connectivity index (χ1v) is 5.99. The van der Waals surface area contributed by atoms with E-state index in [9.17, 15) is 4.79 Å². The van der Waals surface area contributed by atoms with Gasteiger partial charge in [0.25, 0.3) is 0 Å².